The standard InChI is InChI=1S/C16H29N/c1-12(2)14-13(15(3,4)5)10-9-11-17(14)16(6,7)8/h9-10,12H,11H2,1-8H3. The summed E-state index contributed by atoms with van der Waals surface area (Å²) >= 11 is 0. The molecule has 0 unspecified atom stereocenters. The van der Waals surface area contributed by atoms with E-state index in [9.17, 15) is 0 Å². The van der Waals surface area contributed by atoms with E-state index in [1.54, 1.807) is 0 Å². The molecule has 0 bridgehead atoms. The van der Waals surface area contributed by atoms with E-state index in [0.29, 0.717) is 5.92 Å². The van der Waals surface area contributed by atoms with Gasteiger partial charge in [0.25, 0.3) is 0 Å². The van der Waals surface area contributed by atoms with Gasteiger partial charge >= 0.3 is 0 Å². The second-order valence-corrected chi connectivity index (χ2v) is 7.39. The Labute approximate surface area is 108 Å². The lowest BCUT2D eigenvalue weighted by Gasteiger charge is -2.45. The highest BCUT2D eigenvalue weighted by Crippen LogP contribution is 2.38. The molecule has 0 N–H and O–H groups in total. The second kappa shape index (κ2) is 4.51. The van der Waals surface area contributed by atoms with Crippen LogP contribution in [0.2, 0.25) is 0 Å². The zero-order valence-electron chi connectivity index (χ0n) is 12.9. The molecule has 1 nitrogen and oxygen atoms in total. The lowest BCUT2D eigenvalue weighted by Crippen LogP contribution is -2.44. The van der Waals surface area contributed by atoms with Crippen LogP contribution in [0.4, 0.5) is 0 Å². The van der Waals surface area contributed by atoms with Crippen molar-refractivity contribution in [2.45, 2.75) is 60.9 Å². The van der Waals surface area contributed by atoms with E-state index in [-0.39, 0.29) is 11.0 Å². The molecular formula is C16H29N. The fourth-order valence-corrected chi connectivity index (χ4v) is 2.50. The van der Waals surface area contributed by atoms with Crippen LogP contribution >= 0.6 is 0 Å². The summed E-state index contributed by atoms with van der Waals surface area (Å²) in [6, 6.07) is 0. The normalized spacial score (nSPS) is 18.3. The van der Waals surface area contributed by atoms with Gasteiger partial charge in [0.1, 0.15) is 0 Å². The molecule has 1 heterocycles. The van der Waals surface area contributed by atoms with Crippen molar-refractivity contribution in [3.8, 4) is 0 Å². The molecule has 0 spiro atoms. The van der Waals surface area contributed by atoms with Crippen LogP contribution < -0.4 is 0 Å². The fourth-order valence-electron chi connectivity index (χ4n) is 2.50. The number of nitrogens with zero attached hydrogens (tertiary/aromatic N) is 1. The Balaban J connectivity index is 3.32. The highest BCUT2D eigenvalue weighted by Gasteiger charge is 2.31. The molecule has 1 rings (SSSR count). The molecule has 0 aromatic rings. The molecule has 0 radical (unpaired) electrons. The van der Waals surface area contributed by atoms with Crippen molar-refractivity contribution in [3.63, 3.8) is 0 Å². The van der Waals surface area contributed by atoms with Gasteiger partial charge in [0.05, 0.1) is 0 Å². The predicted molar refractivity (Wildman–Crippen MR) is 76.9 cm³/mol. The maximum atomic E-state index is 2.55. The molecule has 0 aliphatic carbocycles. The van der Waals surface area contributed by atoms with Crippen LogP contribution in [-0.4, -0.2) is 17.0 Å². The van der Waals surface area contributed by atoms with Crippen molar-refractivity contribution in [1.82, 2.24) is 4.90 Å². The molecule has 0 atom stereocenters. The Morgan fingerprint density at radius 3 is 1.94 bits per heavy atom. The average molecular weight is 235 g/mol. The first-order valence-electron chi connectivity index (χ1n) is 6.74. The minimum atomic E-state index is 0.195. The Bertz CT molecular complexity index is 332. The van der Waals surface area contributed by atoms with Crippen LogP contribution in [-0.2, 0) is 0 Å². The molecular weight excluding hydrogens is 206 g/mol. The Hall–Kier alpha value is -0.720. The maximum absolute atomic E-state index is 2.55. The first-order valence-corrected chi connectivity index (χ1v) is 6.74. The van der Waals surface area contributed by atoms with Gasteiger partial charge in [-0.05, 0) is 37.7 Å². The van der Waals surface area contributed by atoms with E-state index in [1.807, 2.05) is 0 Å². The highest BCUT2D eigenvalue weighted by atomic mass is 15.2. The van der Waals surface area contributed by atoms with Gasteiger partial charge in [-0.25, -0.2) is 0 Å². The quantitative estimate of drug-likeness (QED) is 0.641. The van der Waals surface area contributed by atoms with Crippen LogP contribution in [0.1, 0.15) is 55.4 Å². The van der Waals surface area contributed by atoms with Crippen LogP contribution in [0, 0.1) is 11.3 Å². The van der Waals surface area contributed by atoms with Gasteiger partial charge in [0, 0.05) is 17.8 Å². The van der Waals surface area contributed by atoms with E-state index in [2.05, 4.69) is 72.4 Å². The third kappa shape index (κ3) is 3.14. The summed E-state index contributed by atoms with van der Waals surface area (Å²) in [6.45, 7) is 19.5. The van der Waals surface area contributed by atoms with Crippen molar-refractivity contribution in [2.24, 2.45) is 11.3 Å². The number of hydrogen-bond donors (Lipinski definition) is 0. The molecule has 0 fully saturated rings. The molecule has 0 saturated carbocycles. The van der Waals surface area contributed by atoms with E-state index in [0.717, 1.165) is 6.54 Å². The smallest absolute Gasteiger partial charge is 0.0365 e. The highest BCUT2D eigenvalue weighted by molar-refractivity contribution is 5.35. The maximum Gasteiger partial charge on any atom is 0.0365 e. The monoisotopic (exact) mass is 235 g/mol. The van der Waals surface area contributed by atoms with Crippen molar-refractivity contribution in [3.05, 3.63) is 23.4 Å². The summed E-state index contributed by atoms with van der Waals surface area (Å²) in [4.78, 5) is 2.55. The van der Waals surface area contributed by atoms with E-state index >= 15 is 0 Å². The number of allylic oxidation sites excluding steroid dienone is 3. The first-order chi connectivity index (χ1) is 7.55. The molecule has 0 amide bonds. The van der Waals surface area contributed by atoms with Gasteiger partial charge in [0.15, 0.2) is 0 Å². The summed E-state index contributed by atoms with van der Waals surface area (Å²) < 4.78 is 0. The number of hydrogen-bond acceptors (Lipinski definition) is 1. The van der Waals surface area contributed by atoms with Crippen LogP contribution in [0.15, 0.2) is 23.4 Å². The SMILES string of the molecule is CC(C)C1=C(C(C)(C)C)C=CCN1C(C)(C)C. The van der Waals surface area contributed by atoms with E-state index in [1.165, 1.54) is 11.3 Å². The molecule has 0 saturated heterocycles. The molecule has 1 heteroatoms. The predicted octanol–water partition coefficient (Wildman–Crippen LogP) is 4.61. The third-order valence-corrected chi connectivity index (χ3v) is 3.30. The van der Waals surface area contributed by atoms with E-state index in [4.69, 9.17) is 0 Å². The van der Waals surface area contributed by atoms with Crippen LogP contribution in [0.25, 0.3) is 0 Å². The first kappa shape index (κ1) is 14.3. The van der Waals surface area contributed by atoms with Crippen LogP contribution in [0.5, 0.6) is 0 Å². The minimum Gasteiger partial charge on any atom is -0.366 e. The molecule has 0 aromatic carbocycles. The zero-order valence-corrected chi connectivity index (χ0v) is 12.9. The molecule has 0 aromatic heterocycles. The second-order valence-electron chi connectivity index (χ2n) is 7.39. The van der Waals surface area contributed by atoms with Crippen molar-refractivity contribution in [1.29, 1.82) is 0 Å². The molecule has 1 aliphatic rings. The zero-order chi connectivity index (χ0) is 13.4. The lowest BCUT2D eigenvalue weighted by atomic mass is 9.80. The molecule has 1 aliphatic heterocycles. The van der Waals surface area contributed by atoms with Crippen LogP contribution in [0.3, 0.4) is 0 Å². The van der Waals surface area contributed by atoms with Crippen molar-refractivity contribution in [2.75, 3.05) is 6.54 Å². The average Bonchev–Trinajstić information content (AvgIpc) is 2.13. The van der Waals surface area contributed by atoms with Gasteiger partial charge in [-0.3, -0.25) is 0 Å². The minimum absolute atomic E-state index is 0.195. The van der Waals surface area contributed by atoms with Gasteiger partial charge in [-0.2, -0.15) is 0 Å². The van der Waals surface area contributed by atoms with Crippen molar-refractivity contribution >= 4 is 0 Å². The molecule has 17 heavy (non-hydrogen) atoms. The largest absolute Gasteiger partial charge is 0.366 e. The van der Waals surface area contributed by atoms with Crippen molar-refractivity contribution < 1.29 is 0 Å². The van der Waals surface area contributed by atoms with Gasteiger partial charge in [-0.15, -0.1) is 0 Å². The summed E-state index contributed by atoms with van der Waals surface area (Å²) in [5, 5.41) is 0. The number of rotatable bonds is 1. The summed E-state index contributed by atoms with van der Waals surface area (Å²) in [7, 11) is 0. The van der Waals surface area contributed by atoms with Gasteiger partial charge in [0.2, 0.25) is 0 Å². The Morgan fingerprint density at radius 2 is 1.59 bits per heavy atom. The summed E-state index contributed by atoms with van der Waals surface area (Å²) in [5.41, 5.74) is 3.43. The summed E-state index contributed by atoms with van der Waals surface area (Å²) in [5.74, 6) is 0.577. The Kier molecular flexibility index (Phi) is 3.81. The molecule has 98 valence electrons. The van der Waals surface area contributed by atoms with E-state index < -0.39 is 0 Å². The lowest BCUT2D eigenvalue weighted by molar-refractivity contribution is 0.177. The fraction of sp³-hybridized carbons (Fsp3) is 0.750. The van der Waals surface area contributed by atoms with Gasteiger partial charge in [-0.1, -0.05) is 46.8 Å². The Morgan fingerprint density at radius 1 is 1.06 bits per heavy atom. The summed E-state index contributed by atoms with van der Waals surface area (Å²) in [6.07, 6.45) is 4.63. The topological polar surface area (TPSA) is 3.24 Å². The van der Waals surface area contributed by atoms with Gasteiger partial charge < -0.3 is 4.90 Å². The third-order valence-electron chi connectivity index (χ3n) is 3.30.